The Hall–Kier alpha value is -5.35. The summed E-state index contributed by atoms with van der Waals surface area (Å²) in [6.45, 7) is 18.1. The highest BCUT2D eigenvalue weighted by Gasteiger charge is 2.69. The monoisotopic (exact) mass is 936 g/mol. The van der Waals surface area contributed by atoms with E-state index in [1.807, 2.05) is 132 Å². The number of aliphatic hydroxyl groups excluding tert-OH is 1. The molecule has 5 atom stereocenters. The summed E-state index contributed by atoms with van der Waals surface area (Å²) in [4.78, 5) is 51.7. The first-order chi connectivity index (χ1) is 31.5. The van der Waals surface area contributed by atoms with Crippen molar-refractivity contribution in [2.45, 2.75) is 122 Å². The molecule has 3 aliphatic carbocycles. The van der Waals surface area contributed by atoms with E-state index < -0.39 is 77.7 Å². The fraction of sp³-hybridized carbons (Fsp3) is 0.500. The zero-order chi connectivity index (χ0) is 48.5. The van der Waals surface area contributed by atoms with Crippen LogP contribution in [0.25, 0.3) is 5.76 Å². The Morgan fingerprint density at radius 1 is 0.940 bits per heavy atom. The molecule has 1 amide bonds. The number of carbonyl (C=O) groups is 3. The Kier molecular flexibility index (Phi) is 12.7. The van der Waals surface area contributed by atoms with Crippen molar-refractivity contribution in [3.8, 4) is 11.6 Å². The van der Waals surface area contributed by atoms with Crippen molar-refractivity contribution in [3.63, 3.8) is 0 Å². The maximum Gasteiger partial charge on any atom is 0.414 e. The fourth-order valence-electron chi connectivity index (χ4n) is 10.1. The number of anilines is 1. The Labute approximate surface area is 394 Å². The Morgan fingerprint density at radius 2 is 1.55 bits per heavy atom. The summed E-state index contributed by atoms with van der Waals surface area (Å²) in [6, 6.07) is 17.7. The van der Waals surface area contributed by atoms with Gasteiger partial charge >= 0.3 is 6.09 Å². The van der Waals surface area contributed by atoms with Crippen LogP contribution in [0, 0.1) is 17.7 Å². The normalized spacial score (nSPS) is 22.8. The van der Waals surface area contributed by atoms with Crippen molar-refractivity contribution >= 4 is 37.4 Å². The average molecular weight is 937 g/mol. The van der Waals surface area contributed by atoms with Gasteiger partial charge in [-0.2, -0.15) is 0 Å². The van der Waals surface area contributed by atoms with E-state index in [-0.39, 0.29) is 83.5 Å². The molecular weight excluding hydrogens is 872 g/mol. The number of ether oxygens (including phenoxy) is 3. The van der Waals surface area contributed by atoms with E-state index in [1.54, 1.807) is 20.8 Å². The van der Waals surface area contributed by atoms with Crippen molar-refractivity contribution in [2.75, 3.05) is 39.1 Å². The molecule has 358 valence electrons. The third-order valence-electron chi connectivity index (χ3n) is 14.5. The van der Waals surface area contributed by atoms with Gasteiger partial charge in [-0.05, 0) is 108 Å². The van der Waals surface area contributed by atoms with Gasteiger partial charge in [-0.3, -0.25) is 19.4 Å². The van der Waals surface area contributed by atoms with E-state index in [4.69, 9.17) is 23.2 Å². The predicted octanol–water partition coefficient (Wildman–Crippen LogP) is 10.4. The number of hydrogen-bond acceptors (Lipinski definition) is 12. The van der Waals surface area contributed by atoms with Crippen LogP contribution < -0.4 is 14.4 Å². The summed E-state index contributed by atoms with van der Waals surface area (Å²) in [6.07, 6.45) is -0.173. The first kappa shape index (κ1) is 48.1. The number of Topliss-reactive ketones (excluding diaryl/α,β-unsaturated/α-hetero) is 2. The number of rotatable bonds is 11. The molecule has 1 unspecified atom stereocenters. The van der Waals surface area contributed by atoms with Crippen LogP contribution in [0.2, 0.25) is 18.1 Å². The molecule has 1 aromatic heterocycles. The van der Waals surface area contributed by atoms with E-state index in [1.165, 1.54) is 4.90 Å². The van der Waals surface area contributed by atoms with Gasteiger partial charge in [-0.1, -0.05) is 88.4 Å². The van der Waals surface area contributed by atoms with Gasteiger partial charge < -0.3 is 33.2 Å². The summed E-state index contributed by atoms with van der Waals surface area (Å²) in [5, 5.41) is 16.9. The standard InChI is InChI=1S/C52H65FN4O9Si/c1-13-56(10)41-34-27-32-26-33-37(44(62-28-30-20-16-14-17-21-30)42-38(40(33)53)35(55(8)9)24-25-57(42)49(61)64-50(2,3)4)43(58)36(32)46(59)52(34,66-67(11,12)51(5,6)7)47(60)39-45(41)65-54-48(39)63-29-31-22-18-15-19-23-31/h14-23,32,34-35,41,58H,13,24-29H2,1-12H3/t32-,34-,35?,41-,52-/m0/s1. The lowest BCUT2D eigenvalue weighted by Gasteiger charge is -2.55. The lowest BCUT2D eigenvalue weighted by molar-refractivity contribution is -0.141. The lowest BCUT2D eigenvalue weighted by Crippen LogP contribution is -2.68. The molecule has 13 nitrogen and oxygen atoms in total. The quantitative estimate of drug-likeness (QED) is 0.113. The van der Waals surface area contributed by atoms with E-state index in [9.17, 15) is 9.90 Å². The molecule has 3 aromatic carbocycles. The highest BCUT2D eigenvalue weighted by atomic mass is 28.4. The zero-order valence-electron chi connectivity index (χ0n) is 40.9. The van der Waals surface area contributed by atoms with Gasteiger partial charge in [0.05, 0.1) is 17.3 Å². The van der Waals surface area contributed by atoms with E-state index in [0.717, 1.165) is 11.1 Å². The molecule has 15 heteroatoms. The van der Waals surface area contributed by atoms with Crippen molar-refractivity contribution < 1.29 is 47.0 Å². The van der Waals surface area contributed by atoms with E-state index in [2.05, 4.69) is 5.16 Å². The second-order valence-corrected chi connectivity index (χ2v) is 25.9. The zero-order valence-corrected chi connectivity index (χ0v) is 41.9. The van der Waals surface area contributed by atoms with Crippen LogP contribution in [0.1, 0.15) is 117 Å². The Balaban J connectivity index is 1.38. The molecule has 4 aliphatic rings. The maximum atomic E-state index is 18.1. The van der Waals surface area contributed by atoms with Gasteiger partial charge in [0.2, 0.25) is 11.6 Å². The summed E-state index contributed by atoms with van der Waals surface area (Å²) >= 11 is 0. The van der Waals surface area contributed by atoms with Gasteiger partial charge in [0.25, 0.3) is 5.88 Å². The van der Waals surface area contributed by atoms with Gasteiger partial charge in [0.1, 0.15) is 36.0 Å². The Bertz CT molecular complexity index is 2600. The van der Waals surface area contributed by atoms with Gasteiger partial charge in [-0.25, -0.2) is 9.18 Å². The molecule has 0 saturated heterocycles. The summed E-state index contributed by atoms with van der Waals surface area (Å²) in [5.41, 5.74) is -0.978. The van der Waals surface area contributed by atoms with Crippen molar-refractivity contribution in [3.05, 3.63) is 111 Å². The highest BCUT2D eigenvalue weighted by molar-refractivity contribution is 6.74. The summed E-state index contributed by atoms with van der Waals surface area (Å²) in [5.74, 6) is -3.81. The SMILES string of the molecule is CCN(C)[C@@H]1c2onc(OCc3ccccc3)c2C(=O)[C@@]2(O[Si](C)(C)C(C)(C)C)C(=O)C3=C(O)c4c(c(F)c5c(c4OCc4ccccc4)N(C(=O)OC(C)(C)C)CCC5N(C)C)C[C@H]3C[C@@H]12. The van der Waals surface area contributed by atoms with Gasteiger partial charge in [0, 0.05) is 35.2 Å². The maximum absolute atomic E-state index is 18.1. The number of fused-ring (bicyclic) bond motifs is 5. The molecule has 0 spiro atoms. The van der Waals surface area contributed by atoms with Gasteiger partial charge in [0.15, 0.2) is 25.4 Å². The van der Waals surface area contributed by atoms with Gasteiger partial charge in [-0.15, -0.1) is 0 Å². The number of halogens is 1. The molecular formula is C52H65FN4O9Si. The molecule has 67 heavy (non-hydrogen) atoms. The number of carbonyl (C=O) groups excluding carboxylic acids is 3. The number of aromatic nitrogens is 1. The van der Waals surface area contributed by atoms with E-state index in [0.29, 0.717) is 13.0 Å². The van der Waals surface area contributed by atoms with Crippen molar-refractivity contribution in [1.82, 2.24) is 15.0 Å². The average Bonchev–Trinajstić information content (AvgIpc) is 3.69. The lowest BCUT2D eigenvalue weighted by atomic mass is 9.57. The smallest absolute Gasteiger partial charge is 0.414 e. The Morgan fingerprint density at radius 3 is 2.12 bits per heavy atom. The third-order valence-corrected chi connectivity index (χ3v) is 18.9. The number of amides is 1. The molecule has 0 bridgehead atoms. The minimum Gasteiger partial charge on any atom is -0.507 e. The molecule has 8 rings (SSSR count). The number of aliphatic hydroxyl groups is 1. The number of nitrogens with zero attached hydrogens (tertiary/aromatic N) is 4. The van der Waals surface area contributed by atoms with Crippen LogP contribution in [0.4, 0.5) is 14.9 Å². The molecule has 4 aromatic rings. The third kappa shape index (κ3) is 8.29. The van der Waals surface area contributed by atoms with Crippen molar-refractivity contribution in [1.29, 1.82) is 0 Å². The molecule has 1 fully saturated rings. The van der Waals surface area contributed by atoms with Crippen molar-refractivity contribution in [2.24, 2.45) is 11.8 Å². The fourth-order valence-corrected chi connectivity index (χ4v) is 11.6. The predicted molar refractivity (Wildman–Crippen MR) is 255 cm³/mol. The van der Waals surface area contributed by atoms with Crippen LogP contribution in [0.5, 0.6) is 11.6 Å². The largest absolute Gasteiger partial charge is 0.507 e. The first-order valence-corrected chi connectivity index (χ1v) is 26.2. The molecule has 1 saturated carbocycles. The van der Waals surface area contributed by atoms with Crippen LogP contribution in [-0.4, -0.2) is 91.5 Å². The minimum absolute atomic E-state index is 0.00777. The molecule has 2 heterocycles. The second kappa shape index (κ2) is 17.6. The van der Waals surface area contributed by atoms with Crippen LogP contribution in [0.15, 0.2) is 70.8 Å². The second-order valence-electron chi connectivity index (χ2n) is 21.2. The van der Waals surface area contributed by atoms with Crippen LogP contribution >= 0.6 is 0 Å². The van der Waals surface area contributed by atoms with Crippen LogP contribution in [-0.2, 0) is 33.6 Å². The summed E-state index contributed by atoms with van der Waals surface area (Å²) < 4.78 is 50.5. The highest BCUT2D eigenvalue weighted by Crippen LogP contribution is 2.61. The topological polar surface area (TPSA) is 144 Å². The summed E-state index contributed by atoms with van der Waals surface area (Å²) in [7, 11) is 2.56. The molecule has 1 N–H and O–H groups in total. The number of benzene rings is 3. The van der Waals surface area contributed by atoms with Crippen LogP contribution in [0.3, 0.4) is 0 Å². The van der Waals surface area contributed by atoms with E-state index >= 15 is 14.0 Å². The number of hydrogen-bond donors (Lipinski definition) is 1. The molecule has 1 aliphatic heterocycles. The molecule has 0 radical (unpaired) electrons. The number of ketones is 2. The minimum atomic E-state index is -3.06. The first-order valence-electron chi connectivity index (χ1n) is 23.3.